The quantitative estimate of drug-likeness (QED) is 0.744. The van der Waals surface area contributed by atoms with Gasteiger partial charge in [0.15, 0.2) is 0 Å². The number of hydrogen-bond donors (Lipinski definition) is 2. The predicted molar refractivity (Wildman–Crippen MR) is 58.3 cm³/mol. The first kappa shape index (κ1) is 9.43. The molecule has 0 saturated carbocycles. The smallest absolute Gasteiger partial charge is 0.262 e. The Labute approximate surface area is 90.3 Å². The summed E-state index contributed by atoms with van der Waals surface area (Å²) in [6.45, 7) is 0.570. The van der Waals surface area contributed by atoms with E-state index in [0.29, 0.717) is 6.54 Å². The second-order valence-corrected chi connectivity index (χ2v) is 3.85. The Hall–Kier alpha value is -1.13. The molecule has 0 unspecified atom stereocenters. The van der Waals surface area contributed by atoms with Crippen LogP contribution in [0.5, 0.6) is 0 Å². The molecule has 0 aromatic heterocycles. The number of hydrogen-bond acceptors (Lipinski definition) is 2. The van der Waals surface area contributed by atoms with Gasteiger partial charge in [-0.15, -0.1) is 0 Å². The van der Waals surface area contributed by atoms with Crippen LogP contribution in [0.3, 0.4) is 0 Å². The molecule has 2 N–H and O–H groups in total. The van der Waals surface area contributed by atoms with Crippen molar-refractivity contribution in [2.45, 2.75) is 0 Å². The second kappa shape index (κ2) is 3.94. The van der Waals surface area contributed by atoms with E-state index in [9.17, 15) is 4.79 Å². The van der Waals surface area contributed by atoms with Gasteiger partial charge in [0.2, 0.25) is 0 Å². The summed E-state index contributed by atoms with van der Waals surface area (Å²) in [5, 5.41) is 0. The lowest BCUT2D eigenvalue weighted by Gasteiger charge is -1.98. The molecule has 1 fully saturated rings. The fourth-order valence-electron chi connectivity index (χ4n) is 1.28. The molecule has 14 heavy (non-hydrogen) atoms. The predicted octanol–water partition coefficient (Wildman–Crippen LogP) is 1.47. The Balaban J connectivity index is 2.33. The summed E-state index contributed by atoms with van der Waals surface area (Å²) in [4.78, 5) is 11.2. The Morgan fingerprint density at radius 2 is 2.14 bits per heavy atom. The monoisotopic (exact) mass is 252 g/mol. The number of carbonyl (C=O) groups is 1. The summed E-state index contributed by atoms with van der Waals surface area (Å²) in [7, 11) is 0. The van der Waals surface area contributed by atoms with Crippen LogP contribution in [-0.2, 0) is 4.79 Å². The van der Waals surface area contributed by atoms with E-state index in [2.05, 4.69) is 26.8 Å². The van der Waals surface area contributed by atoms with Gasteiger partial charge in [-0.25, -0.2) is 5.43 Å². The van der Waals surface area contributed by atoms with Gasteiger partial charge in [-0.2, -0.15) is 0 Å². The Morgan fingerprint density at radius 1 is 1.36 bits per heavy atom. The van der Waals surface area contributed by atoms with Crippen molar-refractivity contribution < 1.29 is 4.79 Å². The Kier molecular flexibility index (Phi) is 2.65. The van der Waals surface area contributed by atoms with Gasteiger partial charge in [0, 0.05) is 16.6 Å². The van der Waals surface area contributed by atoms with Crippen LogP contribution in [0.2, 0.25) is 0 Å². The molecule has 1 saturated heterocycles. The van der Waals surface area contributed by atoms with Crippen molar-refractivity contribution in [3.8, 4) is 0 Å². The van der Waals surface area contributed by atoms with Gasteiger partial charge in [0.1, 0.15) is 0 Å². The molecule has 1 amide bonds. The lowest BCUT2D eigenvalue weighted by Crippen LogP contribution is -2.25. The van der Waals surface area contributed by atoms with E-state index in [4.69, 9.17) is 0 Å². The molecule has 1 aromatic rings. The molecule has 0 atom stereocenters. The molecule has 0 aliphatic carbocycles. The highest BCUT2D eigenvalue weighted by Crippen LogP contribution is 2.19. The average molecular weight is 253 g/mol. The van der Waals surface area contributed by atoms with Crippen LogP contribution in [0.25, 0.3) is 6.08 Å². The normalized spacial score (nSPS) is 18.6. The number of amides is 1. The molecule has 3 nitrogen and oxygen atoms in total. The molecular formula is C10H9BrN2O. The van der Waals surface area contributed by atoms with Gasteiger partial charge in [-0.1, -0.05) is 34.1 Å². The zero-order valence-corrected chi connectivity index (χ0v) is 8.97. The van der Waals surface area contributed by atoms with E-state index < -0.39 is 0 Å². The summed E-state index contributed by atoms with van der Waals surface area (Å²) in [5.74, 6) is -0.0549. The first-order valence-electron chi connectivity index (χ1n) is 4.25. The molecule has 72 valence electrons. The van der Waals surface area contributed by atoms with Crippen LogP contribution >= 0.6 is 15.9 Å². The summed E-state index contributed by atoms with van der Waals surface area (Å²) in [6, 6.07) is 7.80. The highest BCUT2D eigenvalue weighted by atomic mass is 79.9. The van der Waals surface area contributed by atoms with Crippen LogP contribution in [0.4, 0.5) is 0 Å². The highest BCUT2D eigenvalue weighted by molar-refractivity contribution is 9.10. The maximum Gasteiger partial charge on any atom is 0.262 e. The van der Waals surface area contributed by atoms with Gasteiger partial charge in [-0.05, 0) is 17.7 Å². The molecule has 1 aliphatic heterocycles. The fraction of sp³-hybridized carbons (Fsp3) is 0.100. The number of carbonyl (C=O) groups excluding carboxylic acids is 1. The number of halogens is 1. The van der Waals surface area contributed by atoms with Crippen LogP contribution in [0.1, 0.15) is 5.56 Å². The summed E-state index contributed by atoms with van der Waals surface area (Å²) in [5.41, 5.74) is 7.08. The molecule has 4 heteroatoms. The molecular weight excluding hydrogens is 244 g/mol. The molecule has 1 heterocycles. The molecule has 0 spiro atoms. The average Bonchev–Trinajstić information content (AvgIpc) is 2.56. The molecule has 1 aliphatic rings. The topological polar surface area (TPSA) is 41.1 Å². The lowest BCUT2D eigenvalue weighted by atomic mass is 10.1. The van der Waals surface area contributed by atoms with Crippen LogP contribution in [0.15, 0.2) is 34.3 Å². The largest absolute Gasteiger partial charge is 0.287 e. The van der Waals surface area contributed by atoms with Crippen molar-refractivity contribution >= 4 is 27.9 Å². The number of nitrogens with one attached hydrogen (secondary N) is 2. The zero-order chi connectivity index (χ0) is 9.97. The van der Waals surface area contributed by atoms with Crippen LogP contribution < -0.4 is 10.9 Å². The van der Waals surface area contributed by atoms with E-state index >= 15 is 0 Å². The Morgan fingerprint density at radius 3 is 2.79 bits per heavy atom. The van der Waals surface area contributed by atoms with Gasteiger partial charge in [0.05, 0.1) is 0 Å². The van der Waals surface area contributed by atoms with E-state index in [1.165, 1.54) is 0 Å². The minimum atomic E-state index is -0.0549. The SMILES string of the molecule is O=C1NNC/C1=C\c1ccccc1Br. The van der Waals surface area contributed by atoms with Crippen molar-refractivity contribution in [1.29, 1.82) is 0 Å². The standard InChI is InChI=1S/C10H9BrN2O/c11-9-4-2-1-3-7(9)5-8-6-12-13-10(8)14/h1-5,12H,6H2,(H,13,14)/b8-5+. The van der Waals surface area contributed by atoms with Crippen LogP contribution in [-0.4, -0.2) is 12.5 Å². The molecule has 1 aromatic carbocycles. The number of benzene rings is 1. The summed E-state index contributed by atoms with van der Waals surface area (Å²) in [6.07, 6.45) is 1.87. The minimum Gasteiger partial charge on any atom is -0.287 e. The maximum atomic E-state index is 11.2. The first-order valence-corrected chi connectivity index (χ1v) is 5.05. The number of rotatable bonds is 1. The fourth-order valence-corrected chi connectivity index (χ4v) is 1.68. The van der Waals surface area contributed by atoms with Gasteiger partial charge < -0.3 is 0 Å². The van der Waals surface area contributed by atoms with Gasteiger partial charge in [0.25, 0.3) is 5.91 Å². The van der Waals surface area contributed by atoms with Crippen molar-refractivity contribution in [3.63, 3.8) is 0 Å². The maximum absolute atomic E-state index is 11.2. The molecule has 0 radical (unpaired) electrons. The lowest BCUT2D eigenvalue weighted by molar-refractivity contribution is -0.116. The minimum absolute atomic E-state index is 0.0549. The highest BCUT2D eigenvalue weighted by Gasteiger charge is 2.15. The van der Waals surface area contributed by atoms with Crippen molar-refractivity contribution in [3.05, 3.63) is 39.9 Å². The number of hydrazine groups is 1. The van der Waals surface area contributed by atoms with E-state index in [0.717, 1.165) is 15.6 Å². The second-order valence-electron chi connectivity index (χ2n) is 3.00. The van der Waals surface area contributed by atoms with Crippen LogP contribution in [0, 0.1) is 0 Å². The van der Waals surface area contributed by atoms with Crippen molar-refractivity contribution in [2.75, 3.05) is 6.54 Å². The molecule has 0 bridgehead atoms. The summed E-state index contributed by atoms with van der Waals surface area (Å²) < 4.78 is 0.993. The summed E-state index contributed by atoms with van der Waals surface area (Å²) >= 11 is 3.43. The van der Waals surface area contributed by atoms with E-state index in [1.54, 1.807) is 0 Å². The zero-order valence-electron chi connectivity index (χ0n) is 7.38. The van der Waals surface area contributed by atoms with E-state index in [-0.39, 0.29) is 5.91 Å². The van der Waals surface area contributed by atoms with Gasteiger partial charge >= 0.3 is 0 Å². The van der Waals surface area contributed by atoms with E-state index in [1.807, 2.05) is 30.3 Å². The van der Waals surface area contributed by atoms with Crippen molar-refractivity contribution in [2.24, 2.45) is 0 Å². The van der Waals surface area contributed by atoms with Crippen molar-refractivity contribution in [1.82, 2.24) is 10.9 Å². The first-order chi connectivity index (χ1) is 6.77. The molecule has 2 rings (SSSR count). The third-order valence-electron chi connectivity index (χ3n) is 2.01. The third-order valence-corrected chi connectivity index (χ3v) is 2.73. The third kappa shape index (κ3) is 1.86. The van der Waals surface area contributed by atoms with Gasteiger partial charge in [-0.3, -0.25) is 10.2 Å². The Bertz CT molecular complexity index is 401.